The lowest BCUT2D eigenvalue weighted by Crippen LogP contribution is -2.44. The molecule has 1 aromatic carbocycles. The Bertz CT molecular complexity index is 374. The summed E-state index contributed by atoms with van der Waals surface area (Å²) in [6, 6.07) is 5.20. The number of likely N-dealkylation sites (N-methyl/N-ethyl adjacent to an activating group) is 1. The van der Waals surface area contributed by atoms with Gasteiger partial charge >= 0.3 is 0 Å². The first-order chi connectivity index (χ1) is 8.66. The average molecular weight is 271 g/mol. The molecule has 100 valence electrons. The molecule has 0 bridgehead atoms. The van der Waals surface area contributed by atoms with E-state index in [1.54, 1.807) is 18.2 Å². The van der Waals surface area contributed by atoms with Crippen molar-refractivity contribution in [1.82, 2.24) is 10.2 Å². The highest BCUT2D eigenvalue weighted by Gasteiger charge is 2.17. The summed E-state index contributed by atoms with van der Waals surface area (Å²) in [6.45, 7) is 3.99. The molecule has 1 aliphatic heterocycles. The van der Waals surface area contributed by atoms with E-state index in [1.165, 1.54) is 0 Å². The lowest BCUT2D eigenvalue weighted by molar-refractivity contribution is 0.00875. The summed E-state index contributed by atoms with van der Waals surface area (Å²) in [5.74, 6) is 0.247. The molecule has 1 saturated heterocycles. The average Bonchev–Trinajstić information content (AvgIpc) is 2.35. The second-order valence-corrected chi connectivity index (χ2v) is 5.04. The van der Waals surface area contributed by atoms with Gasteiger partial charge in [0.15, 0.2) is 0 Å². The van der Waals surface area contributed by atoms with Crippen LogP contribution < -0.4 is 5.32 Å². The number of halogens is 1. The normalized spacial score (nSPS) is 20.3. The lowest BCUT2D eigenvalue weighted by Gasteiger charge is -2.28. The maximum Gasteiger partial charge on any atom is 0.121 e. The fourth-order valence-corrected chi connectivity index (χ4v) is 2.35. The van der Waals surface area contributed by atoms with Crippen LogP contribution in [0.4, 0.5) is 0 Å². The predicted octanol–water partition coefficient (Wildman–Crippen LogP) is 1.47. The van der Waals surface area contributed by atoms with Crippen molar-refractivity contribution in [2.45, 2.75) is 12.6 Å². The Balaban J connectivity index is 1.92. The van der Waals surface area contributed by atoms with E-state index in [2.05, 4.69) is 10.2 Å². The van der Waals surface area contributed by atoms with Crippen LogP contribution in [0.25, 0.3) is 0 Å². The predicted molar refractivity (Wildman–Crippen MR) is 72.1 cm³/mol. The van der Waals surface area contributed by atoms with Gasteiger partial charge in [0.05, 0.1) is 12.7 Å². The zero-order valence-electron chi connectivity index (χ0n) is 10.5. The van der Waals surface area contributed by atoms with Crippen LogP contribution in [0.3, 0.4) is 0 Å². The quantitative estimate of drug-likeness (QED) is 0.870. The van der Waals surface area contributed by atoms with Gasteiger partial charge in [-0.2, -0.15) is 0 Å². The van der Waals surface area contributed by atoms with Gasteiger partial charge in [-0.15, -0.1) is 0 Å². The van der Waals surface area contributed by atoms with E-state index in [-0.39, 0.29) is 11.9 Å². The van der Waals surface area contributed by atoms with Gasteiger partial charge in [-0.3, -0.25) is 4.90 Å². The maximum atomic E-state index is 9.79. The Morgan fingerprint density at radius 2 is 2.39 bits per heavy atom. The molecule has 1 unspecified atom stereocenters. The van der Waals surface area contributed by atoms with Gasteiger partial charge in [0.1, 0.15) is 5.75 Å². The molecule has 0 spiro atoms. The second-order valence-electron chi connectivity index (χ2n) is 4.63. The Hall–Kier alpha value is -0.810. The molecule has 0 amide bonds. The minimum absolute atomic E-state index is 0.202. The summed E-state index contributed by atoms with van der Waals surface area (Å²) >= 11 is 6.09. The highest BCUT2D eigenvalue weighted by molar-refractivity contribution is 6.31. The number of ether oxygens (including phenoxy) is 1. The van der Waals surface area contributed by atoms with E-state index in [0.29, 0.717) is 11.6 Å². The molecule has 2 rings (SSSR count). The summed E-state index contributed by atoms with van der Waals surface area (Å²) < 4.78 is 5.65. The molecule has 0 aliphatic carbocycles. The topological polar surface area (TPSA) is 44.7 Å². The van der Waals surface area contributed by atoms with Crippen LogP contribution in [0, 0.1) is 0 Å². The second kappa shape index (κ2) is 6.38. The van der Waals surface area contributed by atoms with Crippen molar-refractivity contribution in [3.8, 4) is 5.75 Å². The van der Waals surface area contributed by atoms with Crippen LogP contribution in [0.5, 0.6) is 5.75 Å². The summed E-state index contributed by atoms with van der Waals surface area (Å²) in [6.07, 6.45) is 0.202. The van der Waals surface area contributed by atoms with Crippen molar-refractivity contribution in [2.24, 2.45) is 0 Å². The van der Waals surface area contributed by atoms with Crippen molar-refractivity contribution in [2.75, 3.05) is 33.3 Å². The molecule has 1 aliphatic rings. The molecule has 0 aromatic heterocycles. The van der Waals surface area contributed by atoms with Gasteiger partial charge in [0.2, 0.25) is 0 Å². The zero-order valence-corrected chi connectivity index (χ0v) is 11.3. The van der Waals surface area contributed by atoms with Crippen molar-refractivity contribution >= 4 is 11.6 Å². The standard InChI is InChI=1S/C13H19ClN2O2/c1-16(8-10-7-15-5-6-18-10)9-11-12(14)3-2-4-13(11)17/h2-4,10,15,17H,5-9H2,1H3. The highest BCUT2D eigenvalue weighted by atomic mass is 35.5. The number of nitrogens with one attached hydrogen (secondary N) is 1. The first kappa shape index (κ1) is 13.6. The first-order valence-corrected chi connectivity index (χ1v) is 6.52. The third kappa shape index (κ3) is 3.59. The maximum absolute atomic E-state index is 9.79. The van der Waals surface area contributed by atoms with E-state index in [9.17, 15) is 5.11 Å². The highest BCUT2D eigenvalue weighted by Crippen LogP contribution is 2.26. The summed E-state index contributed by atoms with van der Waals surface area (Å²) in [5.41, 5.74) is 0.769. The van der Waals surface area contributed by atoms with Gasteiger partial charge in [0, 0.05) is 36.8 Å². The Kier molecular flexibility index (Phi) is 4.83. The number of morpholine rings is 1. The van der Waals surface area contributed by atoms with Crippen LogP contribution in [0.15, 0.2) is 18.2 Å². The number of aromatic hydroxyl groups is 1. The smallest absolute Gasteiger partial charge is 0.121 e. The summed E-state index contributed by atoms with van der Waals surface area (Å²) in [4.78, 5) is 2.11. The number of hydrogen-bond acceptors (Lipinski definition) is 4. The third-order valence-electron chi connectivity index (χ3n) is 3.04. The number of phenols is 1. The third-order valence-corrected chi connectivity index (χ3v) is 3.40. The molecule has 4 nitrogen and oxygen atoms in total. The molecular formula is C13H19ClN2O2. The molecule has 2 N–H and O–H groups in total. The Morgan fingerprint density at radius 3 is 3.06 bits per heavy atom. The van der Waals surface area contributed by atoms with Crippen molar-refractivity contribution in [3.05, 3.63) is 28.8 Å². The Labute approximate surface area is 113 Å². The van der Waals surface area contributed by atoms with Gasteiger partial charge in [-0.05, 0) is 19.2 Å². The van der Waals surface area contributed by atoms with Gasteiger partial charge < -0.3 is 15.2 Å². The zero-order chi connectivity index (χ0) is 13.0. The monoisotopic (exact) mass is 270 g/mol. The SMILES string of the molecule is CN(Cc1c(O)cccc1Cl)CC1CNCCO1. The number of hydrogen-bond donors (Lipinski definition) is 2. The van der Waals surface area contributed by atoms with E-state index in [0.717, 1.165) is 31.8 Å². The number of nitrogens with zero attached hydrogens (tertiary/aromatic N) is 1. The van der Waals surface area contributed by atoms with E-state index in [1.807, 2.05) is 7.05 Å². The minimum atomic E-state index is 0.202. The number of benzene rings is 1. The van der Waals surface area contributed by atoms with Crippen LogP contribution in [0.2, 0.25) is 5.02 Å². The minimum Gasteiger partial charge on any atom is -0.508 e. The summed E-state index contributed by atoms with van der Waals surface area (Å²) in [7, 11) is 2.00. The molecule has 5 heteroatoms. The molecule has 1 fully saturated rings. The molecule has 0 saturated carbocycles. The van der Waals surface area contributed by atoms with E-state index in [4.69, 9.17) is 16.3 Å². The fraction of sp³-hybridized carbons (Fsp3) is 0.538. The largest absolute Gasteiger partial charge is 0.508 e. The lowest BCUT2D eigenvalue weighted by atomic mass is 10.2. The van der Waals surface area contributed by atoms with Crippen molar-refractivity contribution < 1.29 is 9.84 Å². The van der Waals surface area contributed by atoms with Crippen LogP contribution in [-0.4, -0.2) is 49.4 Å². The van der Waals surface area contributed by atoms with E-state index < -0.39 is 0 Å². The van der Waals surface area contributed by atoms with Gasteiger partial charge in [-0.1, -0.05) is 17.7 Å². The van der Waals surface area contributed by atoms with E-state index >= 15 is 0 Å². The summed E-state index contributed by atoms with van der Waals surface area (Å²) in [5, 5.41) is 13.7. The van der Waals surface area contributed by atoms with Gasteiger partial charge in [0.25, 0.3) is 0 Å². The molecule has 18 heavy (non-hydrogen) atoms. The number of rotatable bonds is 4. The molecule has 1 aromatic rings. The molecule has 1 heterocycles. The fourth-order valence-electron chi connectivity index (χ4n) is 2.12. The number of phenolic OH excluding ortho intramolecular Hbond substituents is 1. The van der Waals surface area contributed by atoms with Crippen molar-refractivity contribution in [1.29, 1.82) is 0 Å². The Morgan fingerprint density at radius 1 is 1.56 bits per heavy atom. The van der Waals surface area contributed by atoms with Crippen molar-refractivity contribution in [3.63, 3.8) is 0 Å². The molecule has 0 radical (unpaired) electrons. The van der Waals surface area contributed by atoms with Crippen LogP contribution in [0.1, 0.15) is 5.56 Å². The molecule has 1 atom stereocenters. The van der Waals surface area contributed by atoms with Crippen LogP contribution in [-0.2, 0) is 11.3 Å². The van der Waals surface area contributed by atoms with Gasteiger partial charge in [-0.25, -0.2) is 0 Å². The first-order valence-electron chi connectivity index (χ1n) is 6.14. The van der Waals surface area contributed by atoms with Crippen LogP contribution >= 0.6 is 11.6 Å². The molecular weight excluding hydrogens is 252 g/mol.